The molecule has 2 aromatic rings. The van der Waals surface area contributed by atoms with E-state index in [4.69, 9.17) is 11.6 Å². The predicted molar refractivity (Wildman–Crippen MR) is 90.0 cm³/mol. The molecule has 22 heavy (non-hydrogen) atoms. The number of aromatic amines is 1. The highest BCUT2D eigenvalue weighted by atomic mass is 35.5. The van der Waals surface area contributed by atoms with Crippen molar-refractivity contribution in [2.24, 2.45) is 0 Å². The van der Waals surface area contributed by atoms with Gasteiger partial charge < -0.3 is 15.6 Å². The summed E-state index contributed by atoms with van der Waals surface area (Å²) in [5, 5.41) is 6.45. The number of anilines is 2. The zero-order valence-electron chi connectivity index (χ0n) is 12.5. The summed E-state index contributed by atoms with van der Waals surface area (Å²) in [6.07, 6.45) is 2.37. The SMILES string of the molecule is CCCNc1ccc(Cl)cc1NC(=O)c1c[nH]c(C)cc1=O. The number of nitrogens with one attached hydrogen (secondary N) is 3. The summed E-state index contributed by atoms with van der Waals surface area (Å²) in [7, 11) is 0. The van der Waals surface area contributed by atoms with E-state index < -0.39 is 5.91 Å². The Morgan fingerprint density at radius 2 is 2.05 bits per heavy atom. The topological polar surface area (TPSA) is 74.0 Å². The molecule has 5 nitrogen and oxygen atoms in total. The van der Waals surface area contributed by atoms with Gasteiger partial charge in [0.05, 0.1) is 11.4 Å². The van der Waals surface area contributed by atoms with Crippen molar-refractivity contribution in [3.05, 3.63) is 57.0 Å². The molecule has 0 aliphatic rings. The molecule has 0 aliphatic heterocycles. The van der Waals surface area contributed by atoms with E-state index in [1.807, 2.05) is 6.92 Å². The van der Waals surface area contributed by atoms with Crippen LogP contribution in [0.1, 0.15) is 29.4 Å². The van der Waals surface area contributed by atoms with Crippen molar-refractivity contribution in [1.82, 2.24) is 4.98 Å². The highest BCUT2D eigenvalue weighted by molar-refractivity contribution is 6.31. The van der Waals surface area contributed by atoms with Gasteiger partial charge in [-0.1, -0.05) is 18.5 Å². The van der Waals surface area contributed by atoms with Crippen LogP contribution in [-0.2, 0) is 0 Å². The second-order valence-electron chi connectivity index (χ2n) is 4.96. The van der Waals surface area contributed by atoms with Crippen LogP contribution in [0.3, 0.4) is 0 Å². The molecule has 2 rings (SSSR count). The maximum Gasteiger partial charge on any atom is 0.261 e. The van der Waals surface area contributed by atoms with Crippen molar-refractivity contribution in [3.8, 4) is 0 Å². The van der Waals surface area contributed by atoms with E-state index in [0.29, 0.717) is 16.4 Å². The van der Waals surface area contributed by atoms with Gasteiger partial charge in [-0.2, -0.15) is 0 Å². The van der Waals surface area contributed by atoms with Gasteiger partial charge in [-0.25, -0.2) is 0 Å². The second kappa shape index (κ2) is 7.13. The molecule has 0 fully saturated rings. The third-order valence-electron chi connectivity index (χ3n) is 3.10. The minimum Gasteiger partial charge on any atom is -0.383 e. The van der Waals surface area contributed by atoms with E-state index in [-0.39, 0.29) is 11.0 Å². The molecule has 0 spiro atoms. The minimum atomic E-state index is -0.469. The summed E-state index contributed by atoms with van der Waals surface area (Å²) in [5.41, 5.74) is 1.76. The smallest absolute Gasteiger partial charge is 0.261 e. The first-order valence-corrected chi connectivity index (χ1v) is 7.43. The Bertz CT molecular complexity index is 740. The molecule has 0 bridgehead atoms. The van der Waals surface area contributed by atoms with Gasteiger partial charge in [-0.3, -0.25) is 9.59 Å². The standard InChI is InChI=1S/C16H18ClN3O2/c1-3-6-18-13-5-4-11(17)8-14(13)20-16(22)12-9-19-10(2)7-15(12)21/h4-5,7-9,18H,3,6H2,1-2H3,(H,19,21)(H,20,22). The maximum absolute atomic E-state index is 12.3. The Morgan fingerprint density at radius 1 is 1.27 bits per heavy atom. The molecule has 0 saturated heterocycles. The summed E-state index contributed by atoms with van der Waals surface area (Å²) in [5.74, 6) is -0.469. The lowest BCUT2D eigenvalue weighted by Gasteiger charge is -2.13. The number of rotatable bonds is 5. The first-order valence-electron chi connectivity index (χ1n) is 7.05. The second-order valence-corrected chi connectivity index (χ2v) is 5.40. The monoisotopic (exact) mass is 319 g/mol. The lowest BCUT2D eigenvalue weighted by molar-refractivity contribution is 0.102. The van der Waals surface area contributed by atoms with Gasteiger partial charge in [0.1, 0.15) is 5.56 Å². The summed E-state index contributed by atoms with van der Waals surface area (Å²) in [4.78, 5) is 27.0. The Balaban J connectivity index is 2.27. The normalized spacial score (nSPS) is 10.3. The van der Waals surface area contributed by atoms with Crippen molar-refractivity contribution in [1.29, 1.82) is 0 Å². The van der Waals surface area contributed by atoms with Crippen molar-refractivity contribution in [2.75, 3.05) is 17.2 Å². The molecule has 0 radical (unpaired) electrons. The predicted octanol–water partition coefficient (Wildman–Crippen LogP) is 3.41. The van der Waals surface area contributed by atoms with Crippen LogP contribution in [0, 0.1) is 6.92 Å². The molecule has 1 aromatic heterocycles. The molecule has 1 aromatic carbocycles. The molecule has 0 aliphatic carbocycles. The van der Waals surface area contributed by atoms with Crippen LogP contribution < -0.4 is 16.1 Å². The van der Waals surface area contributed by atoms with Crippen LogP contribution in [0.15, 0.2) is 35.3 Å². The van der Waals surface area contributed by atoms with Crippen molar-refractivity contribution in [2.45, 2.75) is 20.3 Å². The van der Waals surface area contributed by atoms with E-state index >= 15 is 0 Å². The van der Waals surface area contributed by atoms with Gasteiger partial charge in [0.15, 0.2) is 5.43 Å². The zero-order valence-corrected chi connectivity index (χ0v) is 13.3. The maximum atomic E-state index is 12.3. The quantitative estimate of drug-likeness (QED) is 0.790. The molecule has 0 atom stereocenters. The fraction of sp³-hybridized carbons (Fsp3) is 0.250. The van der Waals surface area contributed by atoms with Gasteiger partial charge in [0, 0.05) is 29.5 Å². The van der Waals surface area contributed by atoms with Crippen molar-refractivity contribution < 1.29 is 4.79 Å². The first kappa shape index (κ1) is 16.1. The number of carbonyl (C=O) groups excluding carboxylic acids is 1. The average Bonchev–Trinajstić information content (AvgIpc) is 2.46. The summed E-state index contributed by atoms with van der Waals surface area (Å²) >= 11 is 5.99. The van der Waals surface area contributed by atoms with Crippen LogP contribution in [0.4, 0.5) is 11.4 Å². The first-order chi connectivity index (χ1) is 10.5. The lowest BCUT2D eigenvalue weighted by atomic mass is 10.2. The number of carbonyl (C=O) groups is 1. The molecule has 1 amide bonds. The van der Waals surface area contributed by atoms with E-state index in [2.05, 4.69) is 15.6 Å². The molecule has 1 heterocycles. The van der Waals surface area contributed by atoms with Gasteiger partial charge in [0.25, 0.3) is 5.91 Å². The van der Waals surface area contributed by atoms with E-state index in [1.54, 1.807) is 25.1 Å². The Hall–Kier alpha value is -2.27. The number of amides is 1. The van der Waals surface area contributed by atoms with E-state index in [9.17, 15) is 9.59 Å². The number of aryl methyl sites for hydroxylation is 1. The summed E-state index contributed by atoms with van der Waals surface area (Å²) < 4.78 is 0. The molecular weight excluding hydrogens is 302 g/mol. The third kappa shape index (κ3) is 3.89. The number of hydrogen-bond donors (Lipinski definition) is 3. The van der Waals surface area contributed by atoms with Gasteiger partial charge >= 0.3 is 0 Å². The van der Waals surface area contributed by atoms with Crippen LogP contribution in [0.25, 0.3) is 0 Å². The van der Waals surface area contributed by atoms with Gasteiger partial charge in [-0.15, -0.1) is 0 Å². The highest BCUT2D eigenvalue weighted by Gasteiger charge is 2.13. The number of hydrogen-bond acceptors (Lipinski definition) is 3. The highest BCUT2D eigenvalue weighted by Crippen LogP contribution is 2.26. The van der Waals surface area contributed by atoms with Crippen molar-refractivity contribution in [3.63, 3.8) is 0 Å². The van der Waals surface area contributed by atoms with Crippen LogP contribution in [-0.4, -0.2) is 17.4 Å². The Morgan fingerprint density at radius 3 is 2.73 bits per heavy atom. The van der Waals surface area contributed by atoms with Crippen LogP contribution in [0.5, 0.6) is 0 Å². The number of benzene rings is 1. The number of H-pyrrole nitrogens is 1. The molecule has 116 valence electrons. The zero-order chi connectivity index (χ0) is 16.1. The van der Waals surface area contributed by atoms with E-state index in [1.165, 1.54) is 12.3 Å². The Labute approximate surface area is 133 Å². The van der Waals surface area contributed by atoms with E-state index in [0.717, 1.165) is 18.7 Å². The van der Waals surface area contributed by atoms with Crippen molar-refractivity contribution >= 4 is 28.9 Å². The fourth-order valence-corrected chi connectivity index (χ4v) is 2.15. The van der Waals surface area contributed by atoms with Crippen LogP contribution >= 0.6 is 11.6 Å². The molecule has 3 N–H and O–H groups in total. The molecular formula is C16H18ClN3O2. The summed E-state index contributed by atoms with van der Waals surface area (Å²) in [6, 6.07) is 6.59. The fourth-order valence-electron chi connectivity index (χ4n) is 1.97. The third-order valence-corrected chi connectivity index (χ3v) is 3.33. The largest absolute Gasteiger partial charge is 0.383 e. The molecule has 0 unspecified atom stereocenters. The number of aromatic nitrogens is 1. The average molecular weight is 320 g/mol. The lowest BCUT2D eigenvalue weighted by Crippen LogP contribution is -2.22. The Kier molecular flexibility index (Phi) is 5.22. The molecule has 0 saturated carbocycles. The summed E-state index contributed by atoms with van der Waals surface area (Å²) in [6.45, 7) is 4.58. The minimum absolute atomic E-state index is 0.0621. The van der Waals surface area contributed by atoms with Crippen LogP contribution in [0.2, 0.25) is 5.02 Å². The van der Waals surface area contributed by atoms with Gasteiger partial charge in [-0.05, 0) is 31.5 Å². The number of halogens is 1. The van der Waals surface area contributed by atoms with Gasteiger partial charge in [0.2, 0.25) is 0 Å². The molecule has 6 heteroatoms. The number of pyridine rings is 1.